The molecule has 0 saturated carbocycles. The number of rotatable bonds is 4. The lowest BCUT2D eigenvalue weighted by molar-refractivity contribution is 0.635. The van der Waals surface area contributed by atoms with E-state index in [1.54, 1.807) is 0 Å². The Bertz CT molecular complexity index is 2560. The first-order chi connectivity index (χ1) is 25.1. The van der Waals surface area contributed by atoms with E-state index in [0.717, 1.165) is 56.7 Å². The van der Waals surface area contributed by atoms with Crippen LogP contribution in [0.2, 0.25) is 0 Å². The Kier molecular flexibility index (Phi) is 7.20. The molecule has 1 aromatic heterocycles. The van der Waals surface area contributed by atoms with Crippen LogP contribution in [0.3, 0.4) is 0 Å². The quantitative estimate of drug-likeness (QED) is 0.193. The maximum absolute atomic E-state index is 10.4. The highest BCUT2D eigenvalue weighted by Crippen LogP contribution is 2.48. The fraction of sp³-hybridized carbons (Fsp3) is 0.152. The van der Waals surface area contributed by atoms with Crippen LogP contribution in [0.4, 0.5) is 5.69 Å². The van der Waals surface area contributed by atoms with Crippen molar-refractivity contribution < 1.29 is 0 Å². The van der Waals surface area contributed by atoms with Crippen LogP contribution in [0.1, 0.15) is 42.4 Å². The lowest BCUT2D eigenvalue weighted by atomic mass is 9.80. The van der Waals surface area contributed by atoms with Gasteiger partial charge in [-0.25, -0.2) is 0 Å². The number of anilines is 1. The molecule has 0 fully saturated rings. The monoisotopic (exact) mass is 655 g/mol. The van der Waals surface area contributed by atoms with Crippen LogP contribution in [0.25, 0.3) is 33.1 Å². The molecule has 5 aromatic rings. The summed E-state index contributed by atoms with van der Waals surface area (Å²) in [4.78, 5) is 2.35. The highest BCUT2D eigenvalue weighted by Gasteiger charge is 2.43. The molecule has 4 aliphatic rings. The van der Waals surface area contributed by atoms with Crippen molar-refractivity contribution >= 4 is 33.1 Å². The maximum Gasteiger partial charge on any atom is 0.0998 e. The van der Waals surface area contributed by atoms with Crippen molar-refractivity contribution in [2.45, 2.75) is 31.7 Å². The summed E-state index contributed by atoms with van der Waals surface area (Å²) in [5.41, 5.74) is 12.0. The lowest BCUT2D eigenvalue weighted by Crippen LogP contribution is -2.36. The van der Waals surface area contributed by atoms with E-state index in [0.29, 0.717) is 12.0 Å². The van der Waals surface area contributed by atoms with E-state index >= 15 is 0 Å². The first-order valence-electron chi connectivity index (χ1n) is 17.5. The van der Waals surface area contributed by atoms with Crippen molar-refractivity contribution in [3.63, 3.8) is 0 Å². The van der Waals surface area contributed by atoms with Crippen LogP contribution in [-0.4, -0.2) is 10.6 Å². The third-order valence-corrected chi connectivity index (χ3v) is 11.0. The molecule has 9 rings (SSSR count). The Morgan fingerprint density at radius 1 is 0.745 bits per heavy atom. The van der Waals surface area contributed by atoms with Gasteiger partial charge in [-0.1, -0.05) is 91.9 Å². The average molecular weight is 656 g/mol. The molecule has 5 heteroatoms. The first-order valence-corrected chi connectivity index (χ1v) is 17.5. The molecule has 0 N–H and O–H groups in total. The second-order valence-electron chi connectivity index (χ2n) is 13.8. The van der Waals surface area contributed by atoms with E-state index in [4.69, 9.17) is 0 Å². The number of para-hydroxylation sites is 2. The van der Waals surface area contributed by atoms with Gasteiger partial charge in [-0.2, -0.15) is 15.8 Å². The number of aromatic nitrogens is 1. The number of hydrogen-bond donors (Lipinski definition) is 0. The molecule has 51 heavy (non-hydrogen) atoms. The fourth-order valence-electron chi connectivity index (χ4n) is 8.81. The van der Waals surface area contributed by atoms with Gasteiger partial charge in [0.15, 0.2) is 0 Å². The molecule has 5 nitrogen and oxygen atoms in total. The SMILES string of the molecule is CC1C=C(c2c(C#N)cccc2-n2c3ccccc3c3ccccc32)C=CC1c1cccc(N2C3=C(C=C(C#N)CC3)C3C=CC=C(C#N)C32)c1. The van der Waals surface area contributed by atoms with Crippen LogP contribution < -0.4 is 4.90 Å². The van der Waals surface area contributed by atoms with Crippen molar-refractivity contribution in [2.75, 3.05) is 4.90 Å². The zero-order valence-electron chi connectivity index (χ0n) is 28.2. The van der Waals surface area contributed by atoms with Gasteiger partial charge in [0, 0.05) is 45.1 Å². The van der Waals surface area contributed by atoms with Crippen LogP contribution >= 0.6 is 0 Å². The normalized spacial score (nSPS) is 22.1. The largest absolute Gasteiger partial charge is 0.336 e. The highest BCUT2D eigenvalue weighted by molar-refractivity contribution is 6.09. The van der Waals surface area contributed by atoms with Crippen LogP contribution in [0.5, 0.6) is 0 Å². The third-order valence-electron chi connectivity index (χ3n) is 11.0. The summed E-state index contributed by atoms with van der Waals surface area (Å²) in [6, 6.07) is 38.9. The Morgan fingerprint density at radius 3 is 2.24 bits per heavy atom. The number of nitriles is 3. The molecule has 242 valence electrons. The molecule has 4 atom stereocenters. The lowest BCUT2D eigenvalue weighted by Gasteiger charge is -2.33. The van der Waals surface area contributed by atoms with E-state index in [1.165, 1.54) is 22.0 Å². The summed E-state index contributed by atoms with van der Waals surface area (Å²) in [6.07, 6.45) is 16.4. The minimum atomic E-state index is -0.123. The van der Waals surface area contributed by atoms with Gasteiger partial charge in [0.1, 0.15) is 0 Å². The molecule has 4 aromatic carbocycles. The van der Waals surface area contributed by atoms with Gasteiger partial charge < -0.3 is 9.47 Å². The maximum atomic E-state index is 10.4. The molecule has 2 heterocycles. The Labute approximate surface area is 297 Å². The van der Waals surface area contributed by atoms with Gasteiger partial charge in [-0.15, -0.1) is 0 Å². The molecule has 4 unspecified atom stereocenters. The van der Waals surface area contributed by atoms with Gasteiger partial charge in [0.05, 0.1) is 52.1 Å². The number of nitrogens with zero attached hydrogens (tertiary/aromatic N) is 5. The molecular weight excluding hydrogens is 623 g/mol. The molecule has 0 bridgehead atoms. The van der Waals surface area contributed by atoms with E-state index < -0.39 is 0 Å². The van der Waals surface area contributed by atoms with E-state index in [1.807, 2.05) is 24.3 Å². The summed E-state index contributed by atoms with van der Waals surface area (Å²) in [6.45, 7) is 2.25. The minimum Gasteiger partial charge on any atom is -0.336 e. The fourth-order valence-corrected chi connectivity index (χ4v) is 8.81. The van der Waals surface area contributed by atoms with Gasteiger partial charge in [-0.05, 0) is 84.0 Å². The molecule has 0 amide bonds. The number of hydrogen-bond acceptors (Lipinski definition) is 4. The van der Waals surface area contributed by atoms with Crippen LogP contribution in [0, 0.1) is 45.8 Å². The van der Waals surface area contributed by atoms with Gasteiger partial charge in [0.25, 0.3) is 0 Å². The summed E-state index contributed by atoms with van der Waals surface area (Å²) in [5.74, 6) is 0.317. The predicted octanol–water partition coefficient (Wildman–Crippen LogP) is 10.4. The summed E-state index contributed by atoms with van der Waals surface area (Å²) >= 11 is 0. The number of benzene rings is 4. The molecule has 0 spiro atoms. The molecule has 0 saturated heterocycles. The Balaban J connectivity index is 1.11. The summed E-state index contributed by atoms with van der Waals surface area (Å²) in [7, 11) is 0. The predicted molar refractivity (Wildman–Crippen MR) is 204 cm³/mol. The first kappa shape index (κ1) is 30.4. The van der Waals surface area contributed by atoms with E-state index in [9.17, 15) is 15.8 Å². The summed E-state index contributed by atoms with van der Waals surface area (Å²) < 4.78 is 2.30. The van der Waals surface area contributed by atoms with Gasteiger partial charge >= 0.3 is 0 Å². The zero-order valence-corrected chi connectivity index (χ0v) is 28.2. The van der Waals surface area contributed by atoms with Crippen molar-refractivity contribution in [1.29, 1.82) is 15.8 Å². The number of allylic oxidation sites excluding steroid dienone is 9. The van der Waals surface area contributed by atoms with Crippen molar-refractivity contribution in [1.82, 2.24) is 4.57 Å². The Hall–Kier alpha value is -6.61. The highest BCUT2D eigenvalue weighted by atomic mass is 15.2. The van der Waals surface area contributed by atoms with Crippen molar-refractivity contribution in [3.05, 3.63) is 173 Å². The van der Waals surface area contributed by atoms with Gasteiger partial charge in [-0.3, -0.25) is 0 Å². The molecule has 1 aliphatic heterocycles. The van der Waals surface area contributed by atoms with Crippen LogP contribution in [-0.2, 0) is 0 Å². The molecule has 3 aliphatic carbocycles. The van der Waals surface area contributed by atoms with E-state index in [2.05, 4.69) is 144 Å². The van der Waals surface area contributed by atoms with Crippen molar-refractivity contribution in [2.24, 2.45) is 11.8 Å². The van der Waals surface area contributed by atoms with Crippen LogP contribution in [0.15, 0.2) is 156 Å². The van der Waals surface area contributed by atoms with Gasteiger partial charge in [0.2, 0.25) is 0 Å². The van der Waals surface area contributed by atoms with Crippen molar-refractivity contribution in [3.8, 4) is 23.9 Å². The molecular formula is C46H33N5. The second-order valence-corrected chi connectivity index (χ2v) is 13.8. The summed E-state index contributed by atoms with van der Waals surface area (Å²) in [5, 5.41) is 32.6. The average Bonchev–Trinajstić information content (AvgIpc) is 3.70. The topological polar surface area (TPSA) is 79.5 Å². The zero-order chi connectivity index (χ0) is 34.6. The standard InChI is InChI=1S/C46H33N5/c1-29-23-32(45-33(27-48)10-8-18-44(45)51-41-16-4-2-13-37(41)38-14-3-5-17-42(38)51)20-21-36(29)31-9-6-12-35(25-31)50-43-22-19-30(26-47)24-40(43)39-15-7-11-34(28-49)46(39)50/h2-18,20-21,23-25,29,36,39,46H,19,22H2,1H3. The van der Waals surface area contributed by atoms with E-state index in [-0.39, 0.29) is 23.8 Å². The molecule has 0 radical (unpaired) electrons. The Morgan fingerprint density at radius 2 is 1.51 bits per heavy atom. The third kappa shape index (κ3) is 4.73. The smallest absolute Gasteiger partial charge is 0.0998 e. The number of fused-ring (bicyclic) bond motifs is 5. The second kappa shape index (κ2) is 12.1. The minimum absolute atomic E-state index is 0.0369.